The highest BCUT2D eigenvalue weighted by Crippen LogP contribution is 2.30. The van der Waals surface area contributed by atoms with Crippen molar-refractivity contribution in [2.24, 2.45) is 0 Å². The summed E-state index contributed by atoms with van der Waals surface area (Å²) in [7, 11) is 0. The number of aromatic nitrogens is 1. The van der Waals surface area contributed by atoms with Gasteiger partial charge in [0.25, 0.3) is 5.69 Å². The van der Waals surface area contributed by atoms with Gasteiger partial charge < -0.3 is 5.32 Å². The van der Waals surface area contributed by atoms with Crippen molar-refractivity contribution in [3.8, 4) is 0 Å². The molecule has 0 unspecified atom stereocenters. The van der Waals surface area contributed by atoms with E-state index >= 15 is 0 Å². The van der Waals surface area contributed by atoms with Crippen LogP contribution in [-0.4, -0.2) is 16.5 Å². The number of hydrogen-bond acceptors (Lipinski definition) is 4. The van der Waals surface area contributed by atoms with Crippen LogP contribution in [0.4, 0.5) is 15.9 Å². The van der Waals surface area contributed by atoms with E-state index in [2.05, 4.69) is 10.3 Å². The molecule has 1 heterocycles. The fourth-order valence-corrected chi connectivity index (χ4v) is 2.08. The first-order valence-electron chi connectivity index (χ1n) is 6.58. The molecule has 0 atom stereocenters. The number of rotatable bonds is 5. The van der Waals surface area contributed by atoms with Gasteiger partial charge in [-0.25, -0.2) is 9.37 Å². The Morgan fingerprint density at radius 2 is 2.15 bits per heavy atom. The predicted octanol–water partition coefficient (Wildman–Crippen LogP) is 3.67. The Labute approximate surface area is 116 Å². The lowest BCUT2D eigenvalue weighted by Crippen LogP contribution is -2.06. The van der Waals surface area contributed by atoms with Crippen LogP contribution in [0.25, 0.3) is 10.9 Å². The maximum Gasteiger partial charge on any atom is 0.278 e. The van der Waals surface area contributed by atoms with Gasteiger partial charge in [0, 0.05) is 12.6 Å². The summed E-state index contributed by atoms with van der Waals surface area (Å²) in [5.74, 6) is 0.0500. The van der Waals surface area contributed by atoms with Crippen LogP contribution in [0.5, 0.6) is 0 Å². The maximum absolute atomic E-state index is 13.9. The number of fused-ring (bicyclic) bond motifs is 1. The number of pyridine rings is 1. The number of aryl methyl sites for hydroxylation is 1. The number of nitrogens with one attached hydrogen (secondary N) is 1. The summed E-state index contributed by atoms with van der Waals surface area (Å²) in [6, 6.07) is 3.92. The zero-order chi connectivity index (χ0) is 14.7. The summed E-state index contributed by atoms with van der Waals surface area (Å²) >= 11 is 0. The SMILES string of the molecule is CCCNc1nc2c(F)ccc([N+](=O)[O-])c2cc1CC. The predicted molar refractivity (Wildman–Crippen MR) is 76.5 cm³/mol. The molecule has 0 aliphatic heterocycles. The normalized spacial score (nSPS) is 10.8. The molecule has 0 bridgehead atoms. The number of non-ortho nitro benzene ring substituents is 1. The van der Waals surface area contributed by atoms with Crippen LogP contribution < -0.4 is 5.32 Å². The summed E-state index contributed by atoms with van der Waals surface area (Å²) in [5.41, 5.74) is 0.764. The Morgan fingerprint density at radius 3 is 2.75 bits per heavy atom. The quantitative estimate of drug-likeness (QED) is 0.668. The highest BCUT2D eigenvalue weighted by Gasteiger charge is 2.18. The van der Waals surface area contributed by atoms with Gasteiger partial charge in [0.15, 0.2) is 0 Å². The van der Waals surface area contributed by atoms with Crippen molar-refractivity contribution >= 4 is 22.4 Å². The third kappa shape index (κ3) is 2.54. The van der Waals surface area contributed by atoms with E-state index in [1.54, 1.807) is 6.07 Å². The largest absolute Gasteiger partial charge is 0.370 e. The molecule has 0 aliphatic rings. The number of nitro benzene ring substituents is 1. The summed E-state index contributed by atoms with van der Waals surface area (Å²) in [6.07, 6.45) is 1.59. The minimum absolute atomic E-state index is 0.0370. The molecule has 5 nitrogen and oxygen atoms in total. The molecule has 2 rings (SSSR count). The lowest BCUT2D eigenvalue weighted by Gasteiger charge is -2.11. The second kappa shape index (κ2) is 5.81. The molecular formula is C14H16FN3O2. The van der Waals surface area contributed by atoms with E-state index < -0.39 is 10.7 Å². The molecule has 1 aromatic heterocycles. The molecule has 0 saturated heterocycles. The number of hydrogen-bond donors (Lipinski definition) is 1. The molecule has 0 radical (unpaired) electrons. The molecule has 0 fully saturated rings. The van der Waals surface area contributed by atoms with Crippen molar-refractivity contribution < 1.29 is 9.31 Å². The standard InChI is InChI=1S/C14H16FN3O2/c1-3-7-16-14-9(4-2)8-10-12(18(19)20)6-5-11(15)13(10)17-14/h5-6,8H,3-4,7H2,1-2H3,(H,16,17). The average Bonchev–Trinajstić information content (AvgIpc) is 2.44. The van der Waals surface area contributed by atoms with Gasteiger partial charge in [-0.3, -0.25) is 10.1 Å². The Bertz CT molecular complexity index is 658. The first-order chi connectivity index (χ1) is 9.58. The van der Waals surface area contributed by atoms with Crippen LogP contribution in [0.1, 0.15) is 25.8 Å². The number of nitro groups is 1. The topological polar surface area (TPSA) is 68.1 Å². The second-order valence-corrected chi connectivity index (χ2v) is 4.50. The zero-order valence-electron chi connectivity index (χ0n) is 11.4. The fraction of sp³-hybridized carbons (Fsp3) is 0.357. The highest BCUT2D eigenvalue weighted by atomic mass is 19.1. The average molecular weight is 277 g/mol. The molecule has 6 heteroatoms. The summed E-state index contributed by atoms with van der Waals surface area (Å²) in [5, 5.41) is 14.4. The van der Waals surface area contributed by atoms with Crippen LogP contribution in [-0.2, 0) is 6.42 Å². The van der Waals surface area contributed by atoms with Gasteiger partial charge in [-0.2, -0.15) is 0 Å². The van der Waals surface area contributed by atoms with Crippen LogP contribution in [0.2, 0.25) is 0 Å². The van der Waals surface area contributed by atoms with E-state index in [-0.39, 0.29) is 16.6 Å². The fourth-order valence-electron chi connectivity index (χ4n) is 2.08. The monoisotopic (exact) mass is 277 g/mol. The Morgan fingerprint density at radius 1 is 1.40 bits per heavy atom. The molecular weight excluding hydrogens is 261 g/mol. The van der Waals surface area contributed by atoms with E-state index in [0.29, 0.717) is 12.2 Å². The molecule has 0 aliphatic carbocycles. The Balaban J connectivity index is 2.68. The molecule has 0 spiro atoms. The van der Waals surface area contributed by atoms with Crippen LogP contribution in [0.3, 0.4) is 0 Å². The first-order valence-corrected chi connectivity index (χ1v) is 6.58. The summed E-state index contributed by atoms with van der Waals surface area (Å²) in [4.78, 5) is 14.7. The number of halogens is 1. The van der Waals surface area contributed by atoms with Gasteiger partial charge in [-0.15, -0.1) is 0 Å². The second-order valence-electron chi connectivity index (χ2n) is 4.50. The van der Waals surface area contributed by atoms with Crippen molar-refractivity contribution in [2.45, 2.75) is 26.7 Å². The third-order valence-electron chi connectivity index (χ3n) is 3.11. The zero-order valence-corrected chi connectivity index (χ0v) is 11.4. The van der Waals surface area contributed by atoms with Gasteiger partial charge in [0.2, 0.25) is 0 Å². The van der Waals surface area contributed by atoms with Crippen molar-refractivity contribution in [1.29, 1.82) is 0 Å². The molecule has 20 heavy (non-hydrogen) atoms. The van der Waals surface area contributed by atoms with E-state index in [1.165, 1.54) is 6.07 Å². The maximum atomic E-state index is 13.9. The van der Waals surface area contributed by atoms with Crippen molar-refractivity contribution in [2.75, 3.05) is 11.9 Å². The van der Waals surface area contributed by atoms with Gasteiger partial charge in [0.05, 0.1) is 10.3 Å². The molecule has 1 aromatic carbocycles. The van der Waals surface area contributed by atoms with E-state index in [0.717, 1.165) is 24.6 Å². The van der Waals surface area contributed by atoms with Gasteiger partial charge >= 0.3 is 0 Å². The third-order valence-corrected chi connectivity index (χ3v) is 3.11. The Kier molecular flexibility index (Phi) is 4.12. The van der Waals surface area contributed by atoms with E-state index in [1.807, 2.05) is 13.8 Å². The minimum Gasteiger partial charge on any atom is -0.370 e. The van der Waals surface area contributed by atoms with Crippen LogP contribution >= 0.6 is 0 Å². The van der Waals surface area contributed by atoms with E-state index in [4.69, 9.17) is 0 Å². The summed E-state index contributed by atoms with van der Waals surface area (Å²) in [6.45, 7) is 4.68. The minimum atomic E-state index is -0.548. The van der Waals surface area contributed by atoms with Crippen molar-refractivity contribution in [3.63, 3.8) is 0 Å². The number of anilines is 1. The lowest BCUT2D eigenvalue weighted by atomic mass is 10.1. The molecule has 0 saturated carbocycles. The van der Waals surface area contributed by atoms with Gasteiger partial charge in [-0.05, 0) is 30.5 Å². The van der Waals surface area contributed by atoms with Crippen LogP contribution in [0.15, 0.2) is 18.2 Å². The van der Waals surface area contributed by atoms with E-state index in [9.17, 15) is 14.5 Å². The first kappa shape index (κ1) is 14.2. The molecule has 1 N–H and O–H groups in total. The van der Waals surface area contributed by atoms with Gasteiger partial charge in [-0.1, -0.05) is 13.8 Å². The van der Waals surface area contributed by atoms with Gasteiger partial charge in [0.1, 0.15) is 17.2 Å². The Hall–Kier alpha value is -2.24. The number of nitrogens with zero attached hydrogens (tertiary/aromatic N) is 2. The van der Waals surface area contributed by atoms with Crippen molar-refractivity contribution in [1.82, 2.24) is 4.98 Å². The molecule has 2 aromatic rings. The number of benzene rings is 1. The molecule has 106 valence electrons. The lowest BCUT2D eigenvalue weighted by molar-refractivity contribution is -0.383. The smallest absolute Gasteiger partial charge is 0.278 e. The molecule has 0 amide bonds. The van der Waals surface area contributed by atoms with Crippen molar-refractivity contribution in [3.05, 3.63) is 39.7 Å². The summed E-state index contributed by atoms with van der Waals surface area (Å²) < 4.78 is 13.9. The highest BCUT2D eigenvalue weighted by molar-refractivity contribution is 5.90. The van der Waals surface area contributed by atoms with Crippen LogP contribution in [0, 0.1) is 15.9 Å².